The minimum absolute atomic E-state index is 0.0299. The Balaban J connectivity index is 2.15. The number of allylic oxidation sites excluding steroid dienone is 4. The first kappa shape index (κ1) is 9.90. The van der Waals surface area contributed by atoms with Crippen molar-refractivity contribution in [2.45, 2.75) is 18.8 Å². The summed E-state index contributed by atoms with van der Waals surface area (Å²) in [6.45, 7) is 0. The molecule has 0 aromatic rings. The average molecular weight is 317 g/mol. The van der Waals surface area contributed by atoms with E-state index in [9.17, 15) is 8.78 Å². The van der Waals surface area contributed by atoms with Gasteiger partial charge in [0, 0.05) is 26.9 Å². The molecule has 0 heterocycles. The lowest BCUT2D eigenvalue weighted by Gasteiger charge is -2.18. The summed E-state index contributed by atoms with van der Waals surface area (Å²) in [5.41, 5.74) is 0. The van der Waals surface area contributed by atoms with E-state index < -0.39 is 11.8 Å². The van der Waals surface area contributed by atoms with Crippen LogP contribution in [0.3, 0.4) is 0 Å². The maximum atomic E-state index is 12.8. The van der Waals surface area contributed by atoms with Gasteiger partial charge < -0.3 is 0 Å². The Kier molecular flexibility index (Phi) is 2.43. The molecule has 0 amide bonds. The second-order valence-electron chi connectivity index (χ2n) is 3.51. The normalized spacial score (nSPS) is 36.6. The van der Waals surface area contributed by atoms with Crippen molar-refractivity contribution in [3.05, 3.63) is 20.8 Å². The quantitative estimate of drug-likeness (QED) is 0.639. The summed E-state index contributed by atoms with van der Waals surface area (Å²) in [5.74, 6) is -2.96. The van der Waals surface area contributed by atoms with E-state index in [4.69, 9.17) is 11.6 Å². The molecule has 0 aromatic carbocycles. The van der Waals surface area contributed by atoms with Crippen LogP contribution in [0.4, 0.5) is 8.78 Å². The first-order valence-corrected chi connectivity index (χ1v) is 5.57. The predicted octanol–water partition coefficient (Wildman–Crippen LogP) is 4.10. The number of hydrogen-bond donors (Lipinski definition) is 0. The lowest BCUT2D eigenvalue weighted by atomic mass is 9.95. The van der Waals surface area contributed by atoms with Crippen molar-refractivity contribution in [1.29, 1.82) is 0 Å². The van der Waals surface area contributed by atoms with E-state index in [0.29, 0.717) is 11.5 Å². The number of hydrogen-bond acceptors (Lipinski definition) is 0. The predicted molar refractivity (Wildman–Crippen MR) is 57.2 cm³/mol. The van der Waals surface area contributed by atoms with Crippen LogP contribution in [0.15, 0.2) is 20.8 Å². The first-order valence-electron chi connectivity index (χ1n) is 4.12. The molecule has 0 radical (unpaired) electrons. The molecule has 72 valence electrons. The molecule has 2 rings (SSSR count). The van der Waals surface area contributed by atoms with Crippen LogP contribution in [-0.4, -0.2) is 5.92 Å². The third-order valence-electron chi connectivity index (χ3n) is 2.57. The summed E-state index contributed by atoms with van der Waals surface area (Å²) in [6.07, 6.45) is 4.40. The van der Waals surface area contributed by atoms with E-state index in [1.54, 1.807) is 6.08 Å². The standard InChI is InChI=1S/C9H8ClF2I/c10-7-3-1-2-5(8(7)13)6-4-9(6,11)12/h1,3,5-6H,2,4H2/t5-,6?/m0/s1. The van der Waals surface area contributed by atoms with Crippen LogP contribution in [0.1, 0.15) is 12.8 Å². The summed E-state index contributed by atoms with van der Waals surface area (Å²) in [6, 6.07) is 0. The second kappa shape index (κ2) is 3.19. The smallest absolute Gasteiger partial charge is 0.207 e. The fourth-order valence-electron chi connectivity index (χ4n) is 1.69. The Morgan fingerprint density at radius 1 is 1.54 bits per heavy atom. The zero-order chi connectivity index (χ0) is 9.64. The summed E-state index contributed by atoms with van der Waals surface area (Å²) in [5, 5.41) is 0.625. The fraction of sp³-hybridized carbons (Fsp3) is 0.556. The molecule has 0 N–H and O–H groups in total. The number of alkyl halides is 2. The van der Waals surface area contributed by atoms with Gasteiger partial charge in [0.25, 0.3) is 5.92 Å². The summed E-state index contributed by atoms with van der Waals surface area (Å²) >= 11 is 7.95. The molecule has 0 spiro atoms. The molecule has 2 aliphatic carbocycles. The third-order valence-corrected chi connectivity index (χ3v) is 4.60. The zero-order valence-electron chi connectivity index (χ0n) is 6.74. The van der Waals surface area contributed by atoms with Gasteiger partial charge in [0.05, 0.1) is 0 Å². The highest BCUT2D eigenvalue weighted by Crippen LogP contribution is 2.57. The van der Waals surface area contributed by atoms with Gasteiger partial charge in [0.2, 0.25) is 0 Å². The monoisotopic (exact) mass is 316 g/mol. The van der Waals surface area contributed by atoms with Gasteiger partial charge in [-0.2, -0.15) is 0 Å². The molecule has 0 nitrogen and oxygen atoms in total. The van der Waals surface area contributed by atoms with Crippen LogP contribution in [-0.2, 0) is 0 Å². The highest BCUT2D eigenvalue weighted by molar-refractivity contribution is 14.1. The highest BCUT2D eigenvalue weighted by atomic mass is 127. The van der Waals surface area contributed by atoms with Gasteiger partial charge in [-0.15, -0.1) is 0 Å². The largest absolute Gasteiger partial charge is 0.252 e. The van der Waals surface area contributed by atoms with Crippen molar-refractivity contribution in [3.63, 3.8) is 0 Å². The number of halogens is 4. The highest BCUT2D eigenvalue weighted by Gasteiger charge is 2.60. The fourth-order valence-corrected chi connectivity index (χ4v) is 2.79. The van der Waals surface area contributed by atoms with Crippen molar-refractivity contribution in [2.75, 3.05) is 0 Å². The van der Waals surface area contributed by atoms with Crippen molar-refractivity contribution < 1.29 is 8.78 Å². The van der Waals surface area contributed by atoms with Crippen LogP contribution in [0.5, 0.6) is 0 Å². The van der Waals surface area contributed by atoms with Crippen molar-refractivity contribution in [3.8, 4) is 0 Å². The van der Waals surface area contributed by atoms with Gasteiger partial charge in [-0.3, -0.25) is 0 Å². The maximum Gasteiger partial charge on any atom is 0.252 e. The third kappa shape index (κ3) is 1.77. The Bertz CT molecular complexity index is 296. The van der Waals surface area contributed by atoms with Crippen molar-refractivity contribution in [1.82, 2.24) is 0 Å². The minimum Gasteiger partial charge on any atom is -0.207 e. The van der Waals surface area contributed by atoms with E-state index in [0.717, 1.165) is 3.58 Å². The van der Waals surface area contributed by atoms with Crippen LogP contribution in [0.2, 0.25) is 0 Å². The van der Waals surface area contributed by atoms with Gasteiger partial charge in [-0.25, -0.2) is 8.78 Å². The van der Waals surface area contributed by atoms with E-state index in [2.05, 4.69) is 22.6 Å². The zero-order valence-corrected chi connectivity index (χ0v) is 9.65. The molecule has 13 heavy (non-hydrogen) atoms. The van der Waals surface area contributed by atoms with E-state index in [-0.39, 0.29) is 12.3 Å². The molecule has 1 saturated carbocycles. The van der Waals surface area contributed by atoms with Crippen LogP contribution in [0.25, 0.3) is 0 Å². The molecular formula is C9H8ClF2I. The van der Waals surface area contributed by atoms with Crippen molar-refractivity contribution >= 4 is 34.2 Å². The van der Waals surface area contributed by atoms with Gasteiger partial charge in [0.15, 0.2) is 0 Å². The molecule has 0 bridgehead atoms. The molecular weight excluding hydrogens is 308 g/mol. The number of rotatable bonds is 1. The molecule has 0 saturated heterocycles. The second-order valence-corrected chi connectivity index (χ2v) is 5.08. The molecule has 1 fully saturated rings. The van der Waals surface area contributed by atoms with Gasteiger partial charge in [-0.1, -0.05) is 17.7 Å². The van der Waals surface area contributed by atoms with E-state index in [1.165, 1.54) is 0 Å². The molecule has 0 aliphatic heterocycles. The average Bonchev–Trinajstić information content (AvgIpc) is 2.66. The van der Waals surface area contributed by atoms with Crippen molar-refractivity contribution in [2.24, 2.45) is 11.8 Å². The molecule has 2 aliphatic rings. The van der Waals surface area contributed by atoms with Gasteiger partial charge >= 0.3 is 0 Å². The summed E-state index contributed by atoms with van der Waals surface area (Å²) in [4.78, 5) is 0. The van der Waals surface area contributed by atoms with Crippen LogP contribution < -0.4 is 0 Å². The Hall–Kier alpha value is 0.360. The molecule has 0 aromatic heterocycles. The Morgan fingerprint density at radius 3 is 2.69 bits per heavy atom. The van der Waals surface area contributed by atoms with E-state index >= 15 is 0 Å². The summed E-state index contributed by atoms with van der Waals surface area (Å²) < 4.78 is 26.5. The Morgan fingerprint density at radius 2 is 2.15 bits per heavy atom. The minimum atomic E-state index is -2.44. The maximum absolute atomic E-state index is 12.8. The first-order chi connectivity index (χ1) is 6.02. The van der Waals surface area contributed by atoms with Crippen LogP contribution >= 0.6 is 34.2 Å². The molecule has 4 heteroatoms. The van der Waals surface area contributed by atoms with Gasteiger partial charge in [0.1, 0.15) is 0 Å². The summed E-state index contributed by atoms with van der Waals surface area (Å²) in [7, 11) is 0. The van der Waals surface area contributed by atoms with Crippen LogP contribution in [0, 0.1) is 11.8 Å². The Labute approximate surface area is 94.2 Å². The SMILES string of the molecule is FC1(F)CC1[C@@H]1CC=CC(Cl)=C1I. The topological polar surface area (TPSA) is 0 Å². The lowest BCUT2D eigenvalue weighted by Crippen LogP contribution is -2.10. The van der Waals surface area contributed by atoms with Gasteiger partial charge in [-0.05, 0) is 35.1 Å². The molecule has 2 atom stereocenters. The lowest BCUT2D eigenvalue weighted by molar-refractivity contribution is 0.0898. The van der Waals surface area contributed by atoms with E-state index in [1.807, 2.05) is 6.08 Å². The molecule has 1 unspecified atom stereocenters.